The summed E-state index contributed by atoms with van der Waals surface area (Å²) in [5, 5.41) is 13.4. The van der Waals surface area contributed by atoms with Gasteiger partial charge in [-0.1, -0.05) is 11.6 Å². The number of nitrogens with one attached hydrogen (secondary N) is 1. The molecule has 0 bridgehead atoms. The Labute approximate surface area is 174 Å². The van der Waals surface area contributed by atoms with E-state index in [0.29, 0.717) is 29.2 Å². The first-order chi connectivity index (χ1) is 14.1. The van der Waals surface area contributed by atoms with Gasteiger partial charge in [0.2, 0.25) is 0 Å². The van der Waals surface area contributed by atoms with Crippen LogP contribution in [0.5, 0.6) is 0 Å². The van der Waals surface area contributed by atoms with E-state index in [2.05, 4.69) is 34.3 Å². The van der Waals surface area contributed by atoms with Gasteiger partial charge in [0.05, 0.1) is 28.5 Å². The zero-order chi connectivity index (χ0) is 20.0. The van der Waals surface area contributed by atoms with Gasteiger partial charge in [0.15, 0.2) is 0 Å². The maximum atomic E-state index is 12.9. The molecular weight excluding hydrogens is 384 g/mol. The number of benzene rings is 2. The van der Waals surface area contributed by atoms with Crippen LogP contribution >= 0.6 is 11.6 Å². The smallest absolute Gasteiger partial charge is 0.253 e. The van der Waals surface area contributed by atoms with Crippen LogP contribution in [0.25, 0.3) is 5.69 Å². The third-order valence-corrected chi connectivity index (χ3v) is 6.23. The Balaban J connectivity index is 1.39. The van der Waals surface area contributed by atoms with Crippen LogP contribution in [0.3, 0.4) is 0 Å². The second kappa shape index (κ2) is 6.68. The summed E-state index contributed by atoms with van der Waals surface area (Å²) in [5.41, 5.74) is 4.30. The van der Waals surface area contributed by atoms with E-state index in [0.717, 1.165) is 24.2 Å². The fourth-order valence-electron chi connectivity index (χ4n) is 4.46. The molecule has 0 saturated carbocycles. The number of rotatable bonds is 1. The Kier molecular flexibility index (Phi) is 4.11. The first-order valence-corrected chi connectivity index (χ1v) is 10.0. The molecule has 0 radical (unpaired) electrons. The van der Waals surface area contributed by atoms with Gasteiger partial charge in [0.1, 0.15) is 0 Å². The fraction of sp³-hybridized carbons (Fsp3) is 0.217. The van der Waals surface area contributed by atoms with Gasteiger partial charge in [-0.2, -0.15) is 5.26 Å². The number of hydrogen-bond donors (Lipinski definition) is 1. The predicted octanol–water partition coefficient (Wildman–Crippen LogP) is 4.56. The van der Waals surface area contributed by atoms with Crippen LogP contribution in [0.15, 0.2) is 60.8 Å². The first kappa shape index (κ1) is 17.8. The molecule has 5 rings (SSSR count). The molecule has 1 N–H and O–H groups in total. The van der Waals surface area contributed by atoms with Crippen LogP contribution in [0.4, 0.5) is 5.69 Å². The number of carbonyl (C=O) groups is 1. The van der Waals surface area contributed by atoms with E-state index in [1.165, 1.54) is 5.69 Å². The van der Waals surface area contributed by atoms with Gasteiger partial charge in [-0.15, -0.1) is 0 Å². The predicted molar refractivity (Wildman–Crippen MR) is 112 cm³/mol. The summed E-state index contributed by atoms with van der Waals surface area (Å²) in [5.74, 6) is 0.0164. The van der Waals surface area contributed by atoms with E-state index < -0.39 is 0 Å². The average Bonchev–Trinajstić information content (AvgIpc) is 3.26. The number of nitrogens with zero attached hydrogens (tertiary/aromatic N) is 3. The topological polar surface area (TPSA) is 61.1 Å². The molecule has 2 aromatic carbocycles. The minimum absolute atomic E-state index is 0.0164. The summed E-state index contributed by atoms with van der Waals surface area (Å²) in [7, 11) is 0. The van der Waals surface area contributed by atoms with Gasteiger partial charge in [-0.05, 0) is 67.4 Å². The lowest BCUT2D eigenvalue weighted by Gasteiger charge is -2.46. The quantitative estimate of drug-likeness (QED) is 0.649. The van der Waals surface area contributed by atoms with Gasteiger partial charge in [0, 0.05) is 35.6 Å². The van der Waals surface area contributed by atoms with Crippen molar-refractivity contribution in [1.29, 1.82) is 5.26 Å². The number of piperidine rings is 1. The molecule has 1 amide bonds. The molecule has 0 unspecified atom stereocenters. The lowest BCUT2D eigenvalue weighted by atomic mass is 9.82. The summed E-state index contributed by atoms with van der Waals surface area (Å²) in [6.45, 7) is 1.33. The number of likely N-dealkylation sites (tertiary alicyclic amines) is 1. The van der Waals surface area contributed by atoms with Crippen molar-refractivity contribution in [3.05, 3.63) is 82.6 Å². The average molecular weight is 403 g/mol. The number of aromatic nitrogens is 1. The maximum absolute atomic E-state index is 12.9. The van der Waals surface area contributed by atoms with Crippen LogP contribution < -0.4 is 5.32 Å². The van der Waals surface area contributed by atoms with Crippen molar-refractivity contribution in [2.24, 2.45) is 0 Å². The SMILES string of the molecule is N#Cc1ccc(C(=O)N2CCC3(CC2)Nc2ccc(Cl)cc2-n2cccc23)cc1. The van der Waals surface area contributed by atoms with Crippen LogP contribution in [-0.4, -0.2) is 28.5 Å². The van der Waals surface area contributed by atoms with Crippen LogP contribution in [-0.2, 0) is 5.54 Å². The van der Waals surface area contributed by atoms with Crippen LogP contribution in [0.1, 0.15) is 34.5 Å². The fourth-order valence-corrected chi connectivity index (χ4v) is 4.62. The van der Waals surface area contributed by atoms with Crippen LogP contribution in [0.2, 0.25) is 5.02 Å². The molecule has 1 fully saturated rings. The third-order valence-electron chi connectivity index (χ3n) is 6.00. The van der Waals surface area contributed by atoms with Crippen molar-refractivity contribution in [2.45, 2.75) is 18.4 Å². The summed E-state index contributed by atoms with van der Waals surface area (Å²) >= 11 is 6.22. The zero-order valence-corrected chi connectivity index (χ0v) is 16.5. The van der Waals surface area contributed by atoms with Crippen molar-refractivity contribution in [3.8, 4) is 11.8 Å². The number of nitriles is 1. The van der Waals surface area contributed by atoms with Gasteiger partial charge < -0.3 is 14.8 Å². The van der Waals surface area contributed by atoms with E-state index in [-0.39, 0.29) is 11.4 Å². The summed E-state index contributed by atoms with van der Waals surface area (Å²) in [6.07, 6.45) is 3.71. The lowest BCUT2D eigenvalue weighted by molar-refractivity contribution is 0.0676. The Morgan fingerprint density at radius 2 is 1.86 bits per heavy atom. The summed E-state index contributed by atoms with van der Waals surface area (Å²) in [4.78, 5) is 14.8. The molecule has 0 atom stereocenters. The van der Waals surface area contributed by atoms with Crippen molar-refractivity contribution >= 4 is 23.2 Å². The molecule has 2 aliphatic rings. The monoisotopic (exact) mass is 402 g/mol. The highest BCUT2D eigenvalue weighted by Gasteiger charge is 2.42. The largest absolute Gasteiger partial charge is 0.372 e. The summed E-state index contributed by atoms with van der Waals surface area (Å²) in [6, 6.07) is 19.0. The highest BCUT2D eigenvalue weighted by Crippen LogP contribution is 2.44. The number of anilines is 1. The van der Waals surface area contributed by atoms with E-state index in [1.54, 1.807) is 24.3 Å². The van der Waals surface area contributed by atoms with Gasteiger partial charge >= 0.3 is 0 Å². The Hall–Kier alpha value is -3.23. The molecule has 5 nitrogen and oxygen atoms in total. The molecule has 6 heteroatoms. The molecule has 1 spiro atoms. The van der Waals surface area contributed by atoms with Crippen molar-refractivity contribution < 1.29 is 4.79 Å². The second-order valence-corrected chi connectivity index (χ2v) is 8.05. The zero-order valence-electron chi connectivity index (χ0n) is 15.7. The standard InChI is InChI=1S/C23H19ClN4O/c24-18-7-8-19-20(14-18)28-11-1-2-21(28)23(26-19)9-12-27(13-10-23)22(29)17-5-3-16(15-25)4-6-17/h1-8,11,14,26H,9-10,12-13H2. The van der Waals surface area contributed by atoms with Crippen molar-refractivity contribution in [2.75, 3.05) is 18.4 Å². The minimum Gasteiger partial charge on any atom is -0.372 e. The molecule has 1 saturated heterocycles. The molecule has 1 aromatic heterocycles. The number of hydrogen-bond acceptors (Lipinski definition) is 3. The van der Waals surface area contributed by atoms with Crippen molar-refractivity contribution in [1.82, 2.24) is 9.47 Å². The van der Waals surface area contributed by atoms with E-state index in [1.807, 2.05) is 23.1 Å². The van der Waals surface area contributed by atoms with Gasteiger partial charge in [-0.3, -0.25) is 4.79 Å². The molecule has 144 valence electrons. The molecule has 3 heterocycles. The van der Waals surface area contributed by atoms with E-state index in [9.17, 15) is 4.79 Å². The first-order valence-electron chi connectivity index (χ1n) is 9.65. The summed E-state index contributed by atoms with van der Waals surface area (Å²) < 4.78 is 2.20. The van der Waals surface area contributed by atoms with Gasteiger partial charge in [-0.25, -0.2) is 0 Å². The molecule has 0 aliphatic carbocycles. The third kappa shape index (κ3) is 2.88. The molecular formula is C23H19ClN4O. The normalized spacial score (nSPS) is 16.5. The Morgan fingerprint density at radius 1 is 1.10 bits per heavy atom. The molecule has 2 aliphatic heterocycles. The second-order valence-electron chi connectivity index (χ2n) is 7.61. The maximum Gasteiger partial charge on any atom is 0.253 e. The molecule has 29 heavy (non-hydrogen) atoms. The number of carbonyl (C=O) groups excluding carboxylic acids is 1. The van der Waals surface area contributed by atoms with Crippen molar-refractivity contribution in [3.63, 3.8) is 0 Å². The van der Waals surface area contributed by atoms with Crippen LogP contribution in [0, 0.1) is 11.3 Å². The van der Waals surface area contributed by atoms with E-state index in [4.69, 9.17) is 16.9 Å². The number of fused-ring (bicyclic) bond motifs is 4. The highest BCUT2D eigenvalue weighted by atomic mass is 35.5. The Bertz CT molecular complexity index is 1130. The highest BCUT2D eigenvalue weighted by molar-refractivity contribution is 6.30. The van der Waals surface area contributed by atoms with Gasteiger partial charge in [0.25, 0.3) is 5.91 Å². The Morgan fingerprint density at radius 3 is 2.59 bits per heavy atom. The molecule has 3 aromatic rings. The van der Waals surface area contributed by atoms with E-state index >= 15 is 0 Å². The number of amides is 1. The number of halogens is 1. The lowest BCUT2D eigenvalue weighted by Crippen LogP contribution is -2.51. The minimum atomic E-state index is -0.203.